The number of nitrogens with one attached hydrogen (secondary N) is 1. The van der Waals surface area contributed by atoms with Crippen LogP contribution in [-0.2, 0) is 0 Å². The summed E-state index contributed by atoms with van der Waals surface area (Å²) < 4.78 is 0. The Morgan fingerprint density at radius 3 is 2.35 bits per heavy atom. The molecular weight excluding hydrogens is 286 g/mol. The van der Waals surface area contributed by atoms with Crippen LogP contribution in [0.25, 0.3) is 0 Å². The molecule has 0 aliphatic carbocycles. The maximum atomic E-state index is 12.4. The van der Waals surface area contributed by atoms with Crippen LogP contribution in [0.15, 0.2) is 36.5 Å². The number of aromatic nitrogens is 1. The molecule has 1 fully saturated rings. The number of pyridine rings is 1. The molecule has 1 aromatic heterocycles. The average Bonchev–Trinajstić information content (AvgIpc) is 2.59. The van der Waals surface area contributed by atoms with Gasteiger partial charge in [-0.1, -0.05) is 18.2 Å². The van der Waals surface area contributed by atoms with Crippen LogP contribution in [0.1, 0.15) is 40.9 Å². The molecule has 4 nitrogen and oxygen atoms in total. The van der Waals surface area contributed by atoms with Crippen molar-refractivity contribution in [3.05, 3.63) is 53.3 Å². The predicted octanol–water partition coefficient (Wildman–Crippen LogP) is 3.94. The Morgan fingerprint density at radius 2 is 1.74 bits per heavy atom. The summed E-state index contributed by atoms with van der Waals surface area (Å²) in [5.41, 5.74) is 4.55. The van der Waals surface area contributed by atoms with Crippen LogP contribution in [0.3, 0.4) is 0 Å². The summed E-state index contributed by atoms with van der Waals surface area (Å²) in [6.07, 6.45) is 5.58. The number of piperidine rings is 1. The van der Waals surface area contributed by atoms with Crippen molar-refractivity contribution >= 4 is 17.3 Å². The Labute approximate surface area is 137 Å². The monoisotopic (exact) mass is 309 g/mol. The zero-order valence-electron chi connectivity index (χ0n) is 13.8. The Balaban J connectivity index is 1.72. The van der Waals surface area contributed by atoms with Crippen molar-refractivity contribution in [3.8, 4) is 0 Å². The van der Waals surface area contributed by atoms with Crippen LogP contribution in [0.5, 0.6) is 0 Å². The molecule has 0 radical (unpaired) electrons. The lowest BCUT2D eigenvalue weighted by atomic mass is 10.1. The Morgan fingerprint density at radius 1 is 1.04 bits per heavy atom. The summed E-state index contributed by atoms with van der Waals surface area (Å²) in [7, 11) is 0. The number of hydrogen-bond acceptors (Lipinski definition) is 3. The van der Waals surface area contributed by atoms with Crippen molar-refractivity contribution in [2.45, 2.75) is 33.1 Å². The molecule has 1 aromatic carbocycles. The fraction of sp³-hybridized carbons (Fsp3) is 0.368. The van der Waals surface area contributed by atoms with E-state index in [1.54, 1.807) is 0 Å². The zero-order valence-corrected chi connectivity index (χ0v) is 13.8. The average molecular weight is 309 g/mol. The van der Waals surface area contributed by atoms with Gasteiger partial charge in [0.25, 0.3) is 5.91 Å². The Bertz CT molecular complexity index is 668. The minimum atomic E-state index is -0.160. The highest BCUT2D eigenvalue weighted by molar-refractivity contribution is 6.03. The molecule has 2 aromatic rings. The molecule has 0 saturated carbocycles. The van der Waals surface area contributed by atoms with Crippen LogP contribution >= 0.6 is 0 Å². The van der Waals surface area contributed by atoms with Gasteiger partial charge in [0.1, 0.15) is 5.69 Å². The maximum Gasteiger partial charge on any atom is 0.274 e. The number of rotatable bonds is 3. The van der Waals surface area contributed by atoms with E-state index >= 15 is 0 Å². The van der Waals surface area contributed by atoms with E-state index < -0.39 is 0 Å². The lowest BCUT2D eigenvalue weighted by Crippen LogP contribution is -2.29. The van der Waals surface area contributed by atoms with E-state index in [1.807, 2.05) is 50.4 Å². The predicted molar refractivity (Wildman–Crippen MR) is 94.2 cm³/mol. The van der Waals surface area contributed by atoms with Gasteiger partial charge in [-0.3, -0.25) is 4.79 Å². The number of aryl methyl sites for hydroxylation is 2. The van der Waals surface area contributed by atoms with E-state index in [1.165, 1.54) is 19.3 Å². The lowest BCUT2D eigenvalue weighted by Gasteiger charge is -2.28. The smallest absolute Gasteiger partial charge is 0.274 e. The molecule has 2 heterocycles. The van der Waals surface area contributed by atoms with E-state index in [0.717, 1.165) is 35.6 Å². The number of benzene rings is 1. The summed E-state index contributed by atoms with van der Waals surface area (Å²) in [5, 5.41) is 2.98. The quantitative estimate of drug-likeness (QED) is 0.934. The number of carbonyl (C=O) groups excluding carboxylic acids is 1. The highest BCUT2D eigenvalue weighted by Gasteiger charge is 2.14. The second-order valence-corrected chi connectivity index (χ2v) is 6.17. The first-order valence-corrected chi connectivity index (χ1v) is 8.24. The highest BCUT2D eigenvalue weighted by Crippen LogP contribution is 2.21. The Kier molecular flexibility index (Phi) is 4.60. The molecule has 0 unspecified atom stereocenters. The number of carbonyl (C=O) groups is 1. The zero-order chi connectivity index (χ0) is 16.2. The molecule has 1 N–H and O–H groups in total. The summed E-state index contributed by atoms with van der Waals surface area (Å²) >= 11 is 0. The normalized spacial score (nSPS) is 14.6. The van der Waals surface area contributed by atoms with E-state index in [4.69, 9.17) is 0 Å². The Hall–Kier alpha value is -2.36. The number of nitrogens with zero attached hydrogens (tertiary/aromatic N) is 2. The second-order valence-electron chi connectivity index (χ2n) is 6.17. The fourth-order valence-electron chi connectivity index (χ4n) is 3.05. The van der Waals surface area contributed by atoms with Crippen molar-refractivity contribution in [1.29, 1.82) is 0 Å². The van der Waals surface area contributed by atoms with E-state index in [-0.39, 0.29) is 5.91 Å². The van der Waals surface area contributed by atoms with Gasteiger partial charge in [-0.25, -0.2) is 4.98 Å². The number of anilines is 2. The van der Waals surface area contributed by atoms with E-state index in [2.05, 4.69) is 15.2 Å². The van der Waals surface area contributed by atoms with Gasteiger partial charge in [-0.05, 0) is 56.4 Å². The molecular formula is C19H23N3O. The van der Waals surface area contributed by atoms with Crippen molar-refractivity contribution in [2.24, 2.45) is 0 Å². The lowest BCUT2D eigenvalue weighted by molar-refractivity contribution is 0.102. The third-order valence-corrected chi connectivity index (χ3v) is 4.42. The minimum Gasteiger partial charge on any atom is -0.370 e. The second kappa shape index (κ2) is 6.82. The van der Waals surface area contributed by atoms with Crippen LogP contribution in [0, 0.1) is 13.8 Å². The largest absolute Gasteiger partial charge is 0.370 e. The standard InChI is InChI=1S/C19H23N3O/c1-14-7-6-8-15(2)18(14)21-19(23)17-10-9-16(13-20-17)22-11-4-3-5-12-22/h6-10,13H,3-5,11-12H2,1-2H3,(H,21,23). The number of hydrogen-bond donors (Lipinski definition) is 1. The van der Waals surface area contributed by atoms with Gasteiger partial charge in [-0.2, -0.15) is 0 Å². The first-order valence-electron chi connectivity index (χ1n) is 8.24. The van der Waals surface area contributed by atoms with Crippen molar-refractivity contribution in [3.63, 3.8) is 0 Å². The van der Waals surface area contributed by atoms with Crippen LogP contribution in [0.2, 0.25) is 0 Å². The van der Waals surface area contributed by atoms with E-state index in [9.17, 15) is 4.79 Å². The number of amides is 1. The number of para-hydroxylation sites is 1. The van der Waals surface area contributed by atoms with Gasteiger partial charge < -0.3 is 10.2 Å². The molecule has 120 valence electrons. The van der Waals surface area contributed by atoms with Gasteiger partial charge in [0.15, 0.2) is 0 Å². The molecule has 0 spiro atoms. The highest BCUT2D eigenvalue weighted by atomic mass is 16.1. The van der Waals surface area contributed by atoms with Crippen molar-refractivity contribution < 1.29 is 4.79 Å². The van der Waals surface area contributed by atoms with Crippen LogP contribution in [-0.4, -0.2) is 24.0 Å². The first-order chi connectivity index (χ1) is 11.1. The topological polar surface area (TPSA) is 45.2 Å². The van der Waals surface area contributed by atoms with Gasteiger partial charge in [0.05, 0.1) is 11.9 Å². The van der Waals surface area contributed by atoms with E-state index in [0.29, 0.717) is 5.69 Å². The SMILES string of the molecule is Cc1cccc(C)c1NC(=O)c1ccc(N2CCCCC2)cn1. The molecule has 0 bridgehead atoms. The van der Waals surface area contributed by atoms with Gasteiger partial charge in [0.2, 0.25) is 0 Å². The van der Waals surface area contributed by atoms with Crippen molar-refractivity contribution in [2.75, 3.05) is 23.3 Å². The summed E-state index contributed by atoms with van der Waals surface area (Å²) in [6.45, 7) is 6.15. The molecule has 4 heteroatoms. The summed E-state index contributed by atoms with van der Waals surface area (Å²) in [4.78, 5) is 19.1. The van der Waals surface area contributed by atoms with Gasteiger partial charge in [-0.15, -0.1) is 0 Å². The third-order valence-electron chi connectivity index (χ3n) is 4.42. The molecule has 3 rings (SSSR count). The fourth-order valence-corrected chi connectivity index (χ4v) is 3.05. The van der Waals surface area contributed by atoms with Gasteiger partial charge >= 0.3 is 0 Å². The van der Waals surface area contributed by atoms with Crippen LogP contribution in [0.4, 0.5) is 11.4 Å². The van der Waals surface area contributed by atoms with Crippen molar-refractivity contribution in [1.82, 2.24) is 4.98 Å². The van der Waals surface area contributed by atoms with Gasteiger partial charge in [0, 0.05) is 18.8 Å². The maximum absolute atomic E-state index is 12.4. The third kappa shape index (κ3) is 3.52. The molecule has 23 heavy (non-hydrogen) atoms. The molecule has 1 amide bonds. The molecule has 1 aliphatic rings. The van der Waals surface area contributed by atoms with Crippen LogP contribution < -0.4 is 10.2 Å². The molecule has 1 aliphatic heterocycles. The summed E-state index contributed by atoms with van der Waals surface area (Å²) in [5.74, 6) is -0.160. The summed E-state index contributed by atoms with van der Waals surface area (Å²) in [6, 6.07) is 9.79. The first kappa shape index (κ1) is 15.5. The minimum absolute atomic E-state index is 0.160. The molecule has 1 saturated heterocycles. The molecule has 0 atom stereocenters.